The third-order valence-corrected chi connectivity index (χ3v) is 4.49. The minimum Gasteiger partial charge on any atom is -0.397 e. The van der Waals surface area contributed by atoms with Crippen LogP contribution in [0.1, 0.15) is 34.9 Å². The second-order valence-corrected chi connectivity index (χ2v) is 6.40. The number of hydrogen-bond donors (Lipinski definition) is 1. The first-order chi connectivity index (χ1) is 10.1. The number of carbonyl (C=O) groups excluding carboxylic acids is 1. The maximum Gasteiger partial charge on any atom is 0.271 e. The molecule has 0 saturated carbocycles. The zero-order valence-electron chi connectivity index (χ0n) is 11.9. The summed E-state index contributed by atoms with van der Waals surface area (Å²) in [5.41, 5.74) is 8.23. The van der Waals surface area contributed by atoms with Gasteiger partial charge in [0.05, 0.1) is 11.7 Å². The zero-order valence-corrected chi connectivity index (χ0v) is 13.5. The number of amides is 1. The van der Waals surface area contributed by atoms with E-state index in [-0.39, 0.29) is 11.9 Å². The van der Waals surface area contributed by atoms with Gasteiger partial charge in [0, 0.05) is 24.3 Å². The lowest BCUT2D eigenvalue weighted by Gasteiger charge is -2.25. The lowest BCUT2D eigenvalue weighted by atomic mass is 10.0. The predicted octanol–water partition coefficient (Wildman–Crippen LogP) is 3.35. The number of aromatic nitrogens is 1. The van der Waals surface area contributed by atoms with E-state index in [9.17, 15) is 4.79 Å². The van der Waals surface area contributed by atoms with Gasteiger partial charge in [-0.05, 0) is 36.6 Å². The Hall–Kier alpha value is -1.75. The van der Waals surface area contributed by atoms with Crippen LogP contribution in [-0.2, 0) is 7.05 Å². The topological polar surface area (TPSA) is 51.3 Å². The van der Waals surface area contributed by atoms with Gasteiger partial charge in [-0.25, -0.2) is 0 Å². The molecule has 110 valence electrons. The molecule has 1 amide bonds. The summed E-state index contributed by atoms with van der Waals surface area (Å²) in [7, 11) is 1.85. The first-order valence-electron chi connectivity index (χ1n) is 7.04. The lowest BCUT2D eigenvalue weighted by molar-refractivity contribution is 0.0726. The van der Waals surface area contributed by atoms with Crippen molar-refractivity contribution in [3.05, 3.63) is 52.3 Å². The number of halogens is 1. The number of aryl methyl sites for hydroxylation is 1. The Balaban J connectivity index is 1.90. The van der Waals surface area contributed by atoms with Crippen LogP contribution >= 0.6 is 15.9 Å². The maximum absolute atomic E-state index is 12.8. The number of nitrogens with two attached hydrogens (primary N) is 1. The van der Waals surface area contributed by atoms with E-state index in [0.29, 0.717) is 11.4 Å². The first kappa shape index (κ1) is 14.2. The van der Waals surface area contributed by atoms with E-state index in [2.05, 4.69) is 28.1 Å². The van der Waals surface area contributed by atoms with E-state index in [1.54, 1.807) is 16.8 Å². The van der Waals surface area contributed by atoms with Crippen molar-refractivity contribution in [3.63, 3.8) is 0 Å². The molecule has 1 saturated heterocycles. The summed E-state index contributed by atoms with van der Waals surface area (Å²) < 4.78 is 2.84. The molecule has 1 atom stereocenters. The Labute approximate surface area is 132 Å². The second-order valence-electron chi connectivity index (χ2n) is 5.48. The molecular formula is C16H18BrN3O. The Morgan fingerprint density at radius 3 is 2.86 bits per heavy atom. The van der Waals surface area contributed by atoms with Gasteiger partial charge in [-0.1, -0.05) is 28.1 Å². The lowest BCUT2D eigenvalue weighted by Crippen LogP contribution is -2.31. The highest BCUT2D eigenvalue weighted by atomic mass is 79.9. The van der Waals surface area contributed by atoms with Crippen molar-refractivity contribution in [2.45, 2.75) is 18.9 Å². The fourth-order valence-electron chi connectivity index (χ4n) is 3.02. The van der Waals surface area contributed by atoms with E-state index in [4.69, 9.17) is 5.73 Å². The molecule has 1 aromatic carbocycles. The van der Waals surface area contributed by atoms with Gasteiger partial charge < -0.3 is 15.2 Å². The minimum absolute atomic E-state index is 0.0525. The first-order valence-corrected chi connectivity index (χ1v) is 7.84. The summed E-state index contributed by atoms with van der Waals surface area (Å²) in [4.78, 5) is 14.7. The normalized spacial score (nSPS) is 18.2. The monoisotopic (exact) mass is 347 g/mol. The zero-order chi connectivity index (χ0) is 15.0. The number of hydrogen-bond acceptors (Lipinski definition) is 2. The van der Waals surface area contributed by atoms with Crippen LogP contribution < -0.4 is 5.73 Å². The van der Waals surface area contributed by atoms with E-state index in [0.717, 1.165) is 23.9 Å². The van der Waals surface area contributed by atoms with Gasteiger partial charge in [-0.2, -0.15) is 0 Å². The van der Waals surface area contributed by atoms with Crippen molar-refractivity contribution in [3.8, 4) is 0 Å². The molecule has 5 heteroatoms. The van der Waals surface area contributed by atoms with Crippen molar-refractivity contribution in [2.75, 3.05) is 12.3 Å². The SMILES string of the molecule is Cn1cc(N)cc1C(=O)N1CCCC1c1cccc(Br)c1. The highest BCUT2D eigenvalue weighted by Gasteiger charge is 2.31. The van der Waals surface area contributed by atoms with Crippen molar-refractivity contribution in [1.82, 2.24) is 9.47 Å². The molecule has 21 heavy (non-hydrogen) atoms. The van der Waals surface area contributed by atoms with Gasteiger partial charge in [0.1, 0.15) is 5.69 Å². The number of nitrogen functional groups attached to an aromatic ring is 1. The molecule has 3 rings (SSSR count). The molecule has 0 spiro atoms. The van der Waals surface area contributed by atoms with Crippen LogP contribution in [0, 0.1) is 0 Å². The summed E-state index contributed by atoms with van der Waals surface area (Å²) in [5.74, 6) is 0.0525. The molecular weight excluding hydrogens is 330 g/mol. The maximum atomic E-state index is 12.8. The van der Waals surface area contributed by atoms with E-state index >= 15 is 0 Å². The fraction of sp³-hybridized carbons (Fsp3) is 0.312. The molecule has 0 radical (unpaired) electrons. The van der Waals surface area contributed by atoms with Gasteiger partial charge in [0.25, 0.3) is 5.91 Å². The van der Waals surface area contributed by atoms with Gasteiger partial charge in [0.2, 0.25) is 0 Å². The van der Waals surface area contributed by atoms with E-state index in [1.807, 2.05) is 24.1 Å². The largest absolute Gasteiger partial charge is 0.397 e. The molecule has 2 N–H and O–H groups in total. The number of likely N-dealkylation sites (tertiary alicyclic amines) is 1. The van der Waals surface area contributed by atoms with Gasteiger partial charge in [-0.15, -0.1) is 0 Å². The smallest absolute Gasteiger partial charge is 0.271 e. The number of nitrogens with zero attached hydrogens (tertiary/aromatic N) is 2. The molecule has 0 bridgehead atoms. The summed E-state index contributed by atoms with van der Waals surface area (Å²) in [6, 6.07) is 10.1. The molecule has 4 nitrogen and oxygen atoms in total. The van der Waals surface area contributed by atoms with Crippen molar-refractivity contribution in [1.29, 1.82) is 0 Å². The van der Waals surface area contributed by atoms with Crippen molar-refractivity contribution in [2.24, 2.45) is 7.05 Å². The molecule has 2 aromatic rings. The highest BCUT2D eigenvalue weighted by Crippen LogP contribution is 2.34. The van der Waals surface area contributed by atoms with Crippen molar-refractivity contribution < 1.29 is 4.79 Å². The quantitative estimate of drug-likeness (QED) is 0.905. The average molecular weight is 348 g/mol. The molecule has 1 fully saturated rings. The number of anilines is 1. The summed E-state index contributed by atoms with van der Waals surface area (Å²) in [5, 5.41) is 0. The number of carbonyl (C=O) groups is 1. The van der Waals surface area contributed by atoms with Crippen LogP contribution in [0.15, 0.2) is 41.0 Å². The highest BCUT2D eigenvalue weighted by molar-refractivity contribution is 9.10. The molecule has 2 heterocycles. The minimum atomic E-state index is 0.0525. The van der Waals surface area contributed by atoms with Crippen molar-refractivity contribution >= 4 is 27.5 Å². The second kappa shape index (κ2) is 5.56. The van der Waals surface area contributed by atoms with E-state index in [1.165, 1.54) is 5.56 Å². The molecule has 1 aliphatic rings. The molecule has 0 aliphatic carbocycles. The van der Waals surface area contributed by atoms with Crippen LogP contribution in [0.2, 0.25) is 0 Å². The molecule has 1 aliphatic heterocycles. The van der Waals surface area contributed by atoms with E-state index < -0.39 is 0 Å². The average Bonchev–Trinajstić information content (AvgIpc) is 3.04. The summed E-state index contributed by atoms with van der Waals surface area (Å²) in [6.07, 6.45) is 3.81. The Morgan fingerprint density at radius 1 is 1.38 bits per heavy atom. The van der Waals surface area contributed by atoms with Crippen LogP contribution in [0.5, 0.6) is 0 Å². The third kappa shape index (κ3) is 2.70. The molecule has 1 aromatic heterocycles. The van der Waals surface area contributed by atoms with Gasteiger partial charge >= 0.3 is 0 Å². The predicted molar refractivity (Wildman–Crippen MR) is 87.0 cm³/mol. The summed E-state index contributed by atoms with van der Waals surface area (Å²) >= 11 is 3.50. The van der Waals surface area contributed by atoms with Gasteiger partial charge in [0.15, 0.2) is 0 Å². The number of benzene rings is 1. The van der Waals surface area contributed by atoms with Crippen LogP contribution in [0.3, 0.4) is 0 Å². The van der Waals surface area contributed by atoms with Crippen LogP contribution in [0.25, 0.3) is 0 Å². The summed E-state index contributed by atoms with van der Waals surface area (Å²) in [6.45, 7) is 0.793. The van der Waals surface area contributed by atoms with Crippen LogP contribution in [0.4, 0.5) is 5.69 Å². The Kier molecular flexibility index (Phi) is 3.76. The number of rotatable bonds is 2. The van der Waals surface area contributed by atoms with Crippen LogP contribution in [-0.4, -0.2) is 21.9 Å². The van der Waals surface area contributed by atoms with Gasteiger partial charge in [-0.3, -0.25) is 4.79 Å². The Morgan fingerprint density at radius 2 is 2.19 bits per heavy atom. The standard InChI is InChI=1S/C16H18BrN3O/c1-19-10-13(18)9-15(19)16(21)20-7-3-6-14(20)11-4-2-5-12(17)8-11/h2,4-5,8-10,14H,3,6-7,18H2,1H3. The molecule has 1 unspecified atom stereocenters. The third-order valence-electron chi connectivity index (χ3n) is 3.99. The fourth-order valence-corrected chi connectivity index (χ4v) is 3.44. The Bertz CT molecular complexity index is 680.